The van der Waals surface area contributed by atoms with E-state index < -0.39 is 5.91 Å². The van der Waals surface area contributed by atoms with Gasteiger partial charge >= 0.3 is 0 Å². The Hall–Kier alpha value is -2.61. The number of nitrogens with zero attached hydrogens (tertiary/aromatic N) is 2. The fraction of sp³-hybridized carbons (Fsp3) is 0.150. The predicted octanol–water partition coefficient (Wildman–Crippen LogP) is 5.21. The van der Waals surface area contributed by atoms with Crippen LogP contribution in [-0.2, 0) is 0 Å². The molecule has 0 atom stereocenters. The number of hydrogen-bond acceptors (Lipinski definition) is 6. The molecule has 0 aliphatic carbocycles. The fourth-order valence-corrected chi connectivity index (χ4v) is 4.24. The summed E-state index contributed by atoms with van der Waals surface area (Å²) in [5.74, 6) is 0.224. The first-order chi connectivity index (χ1) is 14.0. The normalized spacial score (nSPS) is 10.9. The quantitative estimate of drug-likeness (QED) is 0.414. The number of hydrazone groups is 1. The largest absolute Gasteiger partial charge is 0.494 e. The van der Waals surface area contributed by atoms with Crippen molar-refractivity contribution in [2.75, 3.05) is 14.2 Å². The van der Waals surface area contributed by atoms with Crippen molar-refractivity contribution in [2.24, 2.45) is 5.10 Å². The van der Waals surface area contributed by atoms with E-state index in [1.54, 1.807) is 6.07 Å². The number of nitrogens with one attached hydrogen (secondary N) is 1. The number of rotatable bonds is 6. The molecular formula is C20H17Cl2N3O3S. The standard InChI is InChI=1S/C20H17Cl2N3O3S/c1-11-16(24-20(29-11)12-7-5-4-6-8-12)19(26)25-23-10-13-9-14(21)18(28-3)15(22)17(13)27-2/h4-10H,1-3H3,(H,25,26)/b23-10-. The van der Waals surface area contributed by atoms with Crippen molar-refractivity contribution in [2.45, 2.75) is 6.92 Å². The van der Waals surface area contributed by atoms with Gasteiger partial charge in [0.15, 0.2) is 5.75 Å². The molecule has 0 aliphatic heterocycles. The second-order valence-corrected chi connectivity index (χ2v) is 7.81. The molecular weight excluding hydrogens is 433 g/mol. The maximum absolute atomic E-state index is 12.5. The van der Waals surface area contributed by atoms with Gasteiger partial charge in [-0.1, -0.05) is 53.5 Å². The summed E-state index contributed by atoms with van der Waals surface area (Å²) in [5, 5.41) is 5.28. The van der Waals surface area contributed by atoms with Crippen LogP contribution < -0.4 is 14.9 Å². The average molecular weight is 450 g/mol. The first-order valence-corrected chi connectivity index (χ1v) is 9.99. The number of aromatic nitrogens is 1. The molecule has 0 aliphatic rings. The van der Waals surface area contributed by atoms with Gasteiger partial charge < -0.3 is 9.47 Å². The van der Waals surface area contributed by atoms with Gasteiger partial charge in [0.05, 0.1) is 25.5 Å². The van der Waals surface area contributed by atoms with Crippen LogP contribution >= 0.6 is 34.5 Å². The van der Waals surface area contributed by atoms with Crippen molar-refractivity contribution < 1.29 is 14.3 Å². The van der Waals surface area contributed by atoms with Crippen molar-refractivity contribution in [1.29, 1.82) is 0 Å². The van der Waals surface area contributed by atoms with Gasteiger partial charge in [0.1, 0.15) is 21.5 Å². The van der Waals surface area contributed by atoms with E-state index in [2.05, 4.69) is 15.5 Å². The lowest BCUT2D eigenvalue weighted by atomic mass is 10.2. The number of halogens is 2. The molecule has 1 N–H and O–H groups in total. The van der Waals surface area contributed by atoms with Gasteiger partial charge in [-0.3, -0.25) is 4.79 Å². The zero-order chi connectivity index (χ0) is 21.0. The Kier molecular flexibility index (Phi) is 6.74. The highest BCUT2D eigenvalue weighted by molar-refractivity contribution is 7.15. The molecule has 6 nitrogen and oxygen atoms in total. The SMILES string of the molecule is COc1c(Cl)cc(/C=N\NC(=O)c2nc(-c3ccccc3)sc2C)c(OC)c1Cl. The van der Waals surface area contributed by atoms with Gasteiger partial charge in [0.2, 0.25) is 0 Å². The maximum Gasteiger partial charge on any atom is 0.291 e. The Morgan fingerprint density at radius 2 is 1.86 bits per heavy atom. The number of carbonyl (C=O) groups is 1. The Morgan fingerprint density at radius 1 is 1.17 bits per heavy atom. The molecule has 0 unspecified atom stereocenters. The molecule has 2 aromatic carbocycles. The highest BCUT2D eigenvalue weighted by atomic mass is 35.5. The topological polar surface area (TPSA) is 72.8 Å². The third-order valence-electron chi connectivity index (χ3n) is 3.97. The third-order valence-corrected chi connectivity index (χ3v) is 5.61. The molecule has 0 saturated heterocycles. The van der Waals surface area contributed by atoms with E-state index in [0.717, 1.165) is 15.4 Å². The summed E-state index contributed by atoms with van der Waals surface area (Å²) >= 11 is 13.9. The first kappa shape index (κ1) is 21.1. The monoisotopic (exact) mass is 449 g/mol. The summed E-state index contributed by atoms with van der Waals surface area (Å²) < 4.78 is 10.5. The van der Waals surface area contributed by atoms with Gasteiger partial charge in [0, 0.05) is 16.0 Å². The number of carbonyl (C=O) groups excluding carboxylic acids is 1. The van der Waals surface area contributed by atoms with Crippen LogP contribution in [0.2, 0.25) is 10.0 Å². The Labute approximate surface area is 182 Å². The number of amides is 1. The molecule has 1 amide bonds. The molecule has 0 spiro atoms. The Balaban J connectivity index is 1.80. The summed E-state index contributed by atoms with van der Waals surface area (Å²) in [4.78, 5) is 17.7. The van der Waals surface area contributed by atoms with Gasteiger partial charge in [-0.05, 0) is 13.0 Å². The molecule has 29 heavy (non-hydrogen) atoms. The molecule has 1 heterocycles. The Morgan fingerprint density at radius 3 is 2.52 bits per heavy atom. The van der Waals surface area contributed by atoms with Crippen molar-refractivity contribution in [3.8, 4) is 22.1 Å². The molecule has 3 rings (SSSR count). The van der Waals surface area contributed by atoms with Crippen LogP contribution in [0, 0.1) is 6.92 Å². The zero-order valence-corrected chi connectivity index (χ0v) is 18.2. The number of methoxy groups -OCH3 is 2. The van der Waals surface area contributed by atoms with E-state index in [-0.39, 0.29) is 5.02 Å². The lowest BCUT2D eigenvalue weighted by Gasteiger charge is -2.12. The maximum atomic E-state index is 12.5. The predicted molar refractivity (Wildman–Crippen MR) is 117 cm³/mol. The summed E-state index contributed by atoms with van der Waals surface area (Å²) in [7, 11) is 2.93. The highest BCUT2D eigenvalue weighted by Gasteiger charge is 2.18. The lowest BCUT2D eigenvalue weighted by Crippen LogP contribution is -2.19. The summed E-state index contributed by atoms with van der Waals surface area (Å²) in [6.07, 6.45) is 1.40. The van der Waals surface area contributed by atoms with E-state index in [9.17, 15) is 4.79 Å². The fourth-order valence-electron chi connectivity index (χ4n) is 2.62. The van der Waals surface area contributed by atoms with Crippen LogP contribution in [0.25, 0.3) is 10.6 Å². The number of ether oxygens (including phenoxy) is 2. The first-order valence-electron chi connectivity index (χ1n) is 8.42. The molecule has 150 valence electrons. The molecule has 0 fully saturated rings. The number of hydrogen-bond donors (Lipinski definition) is 1. The molecule has 0 bridgehead atoms. The van der Waals surface area contributed by atoms with Gasteiger partial charge in [-0.15, -0.1) is 11.3 Å². The second-order valence-electron chi connectivity index (χ2n) is 5.82. The van der Waals surface area contributed by atoms with Gasteiger partial charge in [-0.25, -0.2) is 10.4 Å². The Bertz CT molecular complexity index is 1070. The smallest absolute Gasteiger partial charge is 0.291 e. The number of aryl methyl sites for hydroxylation is 1. The van der Waals surface area contributed by atoms with Crippen molar-refractivity contribution in [3.63, 3.8) is 0 Å². The van der Waals surface area contributed by atoms with Crippen molar-refractivity contribution >= 4 is 46.7 Å². The summed E-state index contributed by atoms with van der Waals surface area (Å²) in [6, 6.07) is 11.3. The summed E-state index contributed by atoms with van der Waals surface area (Å²) in [5.41, 5.74) is 4.24. The molecule has 3 aromatic rings. The minimum absolute atomic E-state index is 0.220. The van der Waals surface area contributed by atoms with Crippen LogP contribution in [0.15, 0.2) is 41.5 Å². The van der Waals surface area contributed by atoms with E-state index in [1.165, 1.54) is 31.8 Å². The number of benzene rings is 2. The average Bonchev–Trinajstić information content (AvgIpc) is 3.11. The number of thiazole rings is 1. The van der Waals surface area contributed by atoms with Gasteiger partial charge in [0.25, 0.3) is 5.91 Å². The van der Waals surface area contributed by atoms with Crippen molar-refractivity contribution in [1.82, 2.24) is 10.4 Å². The minimum Gasteiger partial charge on any atom is -0.494 e. The zero-order valence-electron chi connectivity index (χ0n) is 15.8. The van der Waals surface area contributed by atoms with Crippen molar-refractivity contribution in [3.05, 3.63) is 62.6 Å². The highest BCUT2D eigenvalue weighted by Crippen LogP contribution is 2.41. The van der Waals surface area contributed by atoms with E-state index in [4.69, 9.17) is 32.7 Å². The third kappa shape index (κ3) is 4.53. The molecule has 9 heteroatoms. The lowest BCUT2D eigenvalue weighted by molar-refractivity contribution is 0.0950. The molecule has 0 saturated carbocycles. The second kappa shape index (κ2) is 9.26. The summed E-state index contributed by atoms with van der Waals surface area (Å²) in [6.45, 7) is 1.84. The van der Waals surface area contributed by atoms with Crippen LogP contribution in [0.3, 0.4) is 0 Å². The van der Waals surface area contributed by atoms with E-state index in [0.29, 0.717) is 27.8 Å². The van der Waals surface area contributed by atoms with E-state index >= 15 is 0 Å². The van der Waals surface area contributed by atoms with Gasteiger partial charge in [-0.2, -0.15) is 5.10 Å². The van der Waals surface area contributed by atoms with Crippen LogP contribution in [-0.4, -0.2) is 31.3 Å². The van der Waals surface area contributed by atoms with E-state index in [1.807, 2.05) is 37.3 Å². The van der Waals surface area contributed by atoms with Crippen LogP contribution in [0.4, 0.5) is 0 Å². The molecule has 1 aromatic heterocycles. The van der Waals surface area contributed by atoms with Crippen LogP contribution in [0.5, 0.6) is 11.5 Å². The minimum atomic E-state index is -0.415. The molecule has 0 radical (unpaired) electrons. The van der Waals surface area contributed by atoms with Crippen LogP contribution in [0.1, 0.15) is 20.9 Å².